The van der Waals surface area contributed by atoms with Crippen LogP contribution in [0.1, 0.15) is 37.9 Å². The van der Waals surface area contributed by atoms with Gasteiger partial charge >= 0.3 is 0 Å². The van der Waals surface area contributed by atoms with E-state index in [1.165, 1.54) is 12.1 Å². The molecule has 10 heteroatoms. The maximum absolute atomic E-state index is 15.7. The van der Waals surface area contributed by atoms with Crippen LogP contribution < -0.4 is 9.46 Å². The first-order valence-corrected chi connectivity index (χ1v) is 11.8. The quantitative estimate of drug-likeness (QED) is 0.507. The molecule has 34 heavy (non-hydrogen) atoms. The van der Waals surface area contributed by atoms with Gasteiger partial charge in [-0.05, 0) is 43.9 Å². The summed E-state index contributed by atoms with van der Waals surface area (Å²) in [7, 11) is -3.54. The predicted octanol–water partition coefficient (Wildman–Crippen LogP) is 4.82. The predicted molar refractivity (Wildman–Crippen MR) is 119 cm³/mol. The van der Waals surface area contributed by atoms with Crippen LogP contribution in [0.25, 0.3) is 10.8 Å². The Morgan fingerprint density at radius 3 is 2.29 bits per heavy atom. The number of methoxy groups -OCH3 is 1. The minimum atomic E-state index is -4.53. The van der Waals surface area contributed by atoms with Gasteiger partial charge in [0.1, 0.15) is 5.60 Å². The second-order valence-electron chi connectivity index (χ2n) is 9.05. The third kappa shape index (κ3) is 3.23. The van der Waals surface area contributed by atoms with Gasteiger partial charge in [-0.3, -0.25) is 0 Å². The van der Waals surface area contributed by atoms with Gasteiger partial charge in [0, 0.05) is 10.9 Å². The molecule has 0 heterocycles. The van der Waals surface area contributed by atoms with E-state index < -0.39 is 56.0 Å². The topological polar surface area (TPSA) is 75.6 Å². The number of hydrogen-bond donors (Lipinski definition) is 2. The van der Waals surface area contributed by atoms with Gasteiger partial charge in [0.05, 0.1) is 23.5 Å². The first kappa shape index (κ1) is 24.4. The maximum atomic E-state index is 15.7. The Balaban J connectivity index is 1.99. The monoisotopic (exact) mass is 497 g/mol. The Kier molecular flexibility index (Phi) is 5.50. The lowest BCUT2D eigenvalue weighted by Crippen LogP contribution is -2.66. The minimum Gasteiger partial charge on any atom is -0.493 e. The summed E-state index contributed by atoms with van der Waals surface area (Å²) in [5, 5.41) is 12.0. The fourth-order valence-electron chi connectivity index (χ4n) is 4.79. The van der Waals surface area contributed by atoms with E-state index in [4.69, 9.17) is 4.74 Å². The molecule has 2 N–H and O–H groups in total. The summed E-state index contributed by atoms with van der Waals surface area (Å²) < 4.78 is 94.4. The fourth-order valence-corrected chi connectivity index (χ4v) is 6.31. The summed E-state index contributed by atoms with van der Waals surface area (Å²) in [6, 6.07) is 9.60. The fraction of sp³-hybridized carbons (Fsp3) is 0.333. The van der Waals surface area contributed by atoms with Crippen molar-refractivity contribution in [2.24, 2.45) is 0 Å². The van der Waals surface area contributed by atoms with Crippen molar-refractivity contribution in [1.82, 2.24) is 4.72 Å². The Hall–Kier alpha value is -2.69. The van der Waals surface area contributed by atoms with Gasteiger partial charge in [0.15, 0.2) is 11.6 Å². The van der Waals surface area contributed by atoms with E-state index in [9.17, 15) is 22.3 Å². The Morgan fingerprint density at radius 2 is 1.65 bits per heavy atom. The number of rotatable bonds is 4. The summed E-state index contributed by atoms with van der Waals surface area (Å²) >= 11 is 0. The third-order valence-electron chi connectivity index (χ3n) is 6.64. The summed E-state index contributed by atoms with van der Waals surface area (Å²) in [5.74, 6) is -7.68. The van der Waals surface area contributed by atoms with Gasteiger partial charge in [0.2, 0.25) is 15.8 Å². The van der Waals surface area contributed by atoms with Crippen LogP contribution in [0.4, 0.5) is 17.6 Å². The Bertz CT molecular complexity index is 1400. The van der Waals surface area contributed by atoms with Crippen molar-refractivity contribution in [2.45, 2.75) is 48.6 Å². The lowest BCUT2D eigenvalue weighted by molar-refractivity contribution is -0.227. The Morgan fingerprint density at radius 1 is 1.03 bits per heavy atom. The van der Waals surface area contributed by atoms with Crippen LogP contribution in [-0.2, 0) is 15.4 Å². The van der Waals surface area contributed by atoms with E-state index in [-0.39, 0.29) is 10.5 Å². The summed E-state index contributed by atoms with van der Waals surface area (Å²) in [6.45, 7) is 2.87. The van der Waals surface area contributed by atoms with Crippen LogP contribution in [-0.4, -0.2) is 32.2 Å². The van der Waals surface area contributed by atoms with E-state index in [0.717, 1.165) is 27.9 Å². The van der Waals surface area contributed by atoms with Crippen LogP contribution in [0.2, 0.25) is 0 Å². The van der Waals surface area contributed by atoms with Gasteiger partial charge in [-0.25, -0.2) is 26.3 Å². The molecule has 0 amide bonds. The number of benzene rings is 3. The van der Waals surface area contributed by atoms with E-state index in [0.29, 0.717) is 16.8 Å². The molecule has 4 rings (SSSR count). The van der Waals surface area contributed by atoms with Crippen LogP contribution >= 0.6 is 0 Å². The average molecular weight is 498 g/mol. The average Bonchev–Trinajstić information content (AvgIpc) is 2.77. The highest BCUT2D eigenvalue weighted by Crippen LogP contribution is 2.59. The summed E-state index contributed by atoms with van der Waals surface area (Å²) in [5.41, 5.74) is -6.04. The van der Waals surface area contributed by atoms with Crippen LogP contribution in [0.3, 0.4) is 0 Å². The second kappa shape index (κ2) is 7.66. The number of alkyl halides is 2. The van der Waals surface area contributed by atoms with Crippen molar-refractivity contribution in [2.75, 3.05) is 7.11 Å². The SMILES string of the molecule is COc1c(F)c(F)cc2c1C(C)(C)C(F)(F)C(C)(O)C2NS(=O)(=O)c1cccc2ccccc12. The molecular formula is C24H23F4NO4S. The first-order valence-electron chi connectivity index (χ1n) is 10.3. The largest absolute Gasteiger partial charge is 0.493 e. The molecule has 0 aliphatic heterocycles. The number of aliphatic hydroxyl groups is 1. The number of fused-ring (bicyclic) bond motifs is 2. The highest BCUT2D eigenvalue weighted by atomic mass is 32.2. The lowest BCUT2D eigenvalue weighted by Gasteiger charge is -2.52. The van der Waals surface area contributed by atoms with Gasteiger partial charge in [-0.15, -0.1) is 0 Å². The highest BCUT2D eigenvalue weighted by Gasteiger charge is 2.68. The molecule has 0 saturated carbocycles. The molecule has 0 aromatic heterocycles. The molecular weight excluding hydrogens is 474 g/mol. The van der Waals surface area contributed by atoms with Crippen LogP contribution in [0, 0.1) is 11.6 Å². The van der Waals surface area contributed by atoms with Crippen molar-refractivity contribution in [3.63, 3.8) is 0 Å². The molecule has 0 spiro atoms. The van der Waals surface area contributed by atoms with Crippen molar-refractivity contribution in [1.29, 1.82) is 0 Å². The first-order chi connectivity index (χ1) is 15.7. The van der Waals surface area contributed by atoms with E-state index in [1.54, 1.807) is 30.3 Å². The third-order valence-corrected chi connectivity index (χ3v) is 8.12. The number of sulfonamides is 1. The normalized spacial score (nSPS) is 23.5. The van der Waals surface area contributed by atoms with Crippen molar-refractivity contribution in [3.8, 4) is 5.75 Å². The highest BCUT2D eigenvalue weighted by molar-refractivity contribution is 7.89. The number of nitrogens with one attached hydrogen (secondary N) is 1. The molecule has 1 aliphatic carbocycles. The maximum Gasteiger partial charge on any atom is 0.286 e. The zero-order chi connectivity index (χ0) is 25.3. The lowest BCUT2D eigenvalue weighted by atomic mass is 9.61. The molecule has 0 radical (unpaired) electrons. The van der Waals surface area contributed by atoms with Crippen LogP contribution in [0.5, 0.6) is 5.75 Å². The smallest absolute Gasteiger partial charge is 0.286 e. The molecule has 5 nitrogen and oxygen atoms in total. The molecule has 3 aromatic rings. The number of ether oxygens (including phenoxy) is 1. The summed E-state index contributed by atoms with van der Waals surface area (Å²) in [4.78, 5) is -0.217. The van der Waals surface area contributed by atoms with E-state index in [1.807, 2.05) is 0 Å². The standard InChI is InChI=1S/C24H23F4NO4S/c1-22(2)18-15(12-16(25)19(26)20(18)33-4)21(23(3,30)24(22,27)28)29-34(31,32)17-11-7-9-13-8-5-6-10-14(13)17/h5-12,21,29-30H,1-4H3. The van der Waals surface area contributed by atoms with Gasteiger partial charge < -0.3 is 9.84 Å². The molecule has 0 fully saturated rings. The van der Waals surface area contributed by atoms with E-state index >= 15 is 8.78 Å². The van der Waals surface area contributed by atoms with Crippen molar-refractivity contribution in [3.05, 3.63) is 71.3 Å². The minimum absolute atomic E-state index is 0.217. The Labute approximate surface area is 194 Å². The molecule has 2 atom stereocenters. The molecule has 0 bridgehead atoms. The van der Waals surface area contributed by atoms with E-state index in [2.05, 4.69) is 4.72 Å². The second-order valence-corrected chi connectivity index (χ2v) is 10.7. The van der Waals surface area contributed by atoms with Gasteiger partial charge in [0.25, 0.3) is 5.92 Å². The van der Waals surface area contributed by atoms with Crippen LogP contribution in [0.15, 0.2) is 53.4 Å². The zero-order valence-electron chi connectivity index (χ0n) is 18.8. The number of hydrogen-bond acceptors (Lipinski definition) is 4. The summed E-state index contributed by atoms with van der Waals surface area (Å²) in [6.07, 6.45) is 0. The van der Waals surface area contributed by atoms with Gasteiger partial charge in [-0.1, -0.05) is 36.4 Å². The molecule has 3 aromatic carbocycles. The zero-order valence-corrected chi connectivity index (χ0v) is 19.6. The van der Waals surface area contributed by atoms with Crippen molar-refractivity contribution >= 4 is 20.8 Å². The van der Waals surface area contributed by atoms with Crippen molar-refractivity contribution < 1.29 is 35.8 Å². The molecule has 1 aliphatic rings. The van der Waals surface area contributed by atoms with Gasteiger partial charge in [-0.2, -0.15) is 4.39 Å². The number of halogens is 4. The molecule has 182 valence electrons. The molecule has 0 saturated heterocycles. The molecule has 2 unspecified atom stereocenters.